The molecule has 100 valence electrons. The molecule has 1 unspecified atom stereocenters. The first-order chi connectivity index (χ1) is 9.24. The Kier molecular flexibility index (Phi) is 4.60. The van der Waals surface area contributed by atoms with Crippen LogP contribution in [0.25, 0.3) is 0 Å². The van der Waals surface area contributed by atoms with E-state index in [1.807, 2.05) is 6.92 Å². The topological polar surface area (TPSA) is 63.8 Å². The lowest BCUT2D eigenvalue weighted by Crippen LogP contribution is -2.30. The van der Waals surface area contributed by atoms with Gasteiger partial charge in [0.1, 0.15) is 6.04 Å². The van der Waals surface area contributed by atoms with Gasteiger partial charge in [0.25, 0.3) is 0 Å². The second-order valence-corrected chi connectivity index (χ2v) is 4.71. The predicted octanol–water partition coefficient (Wildman–Crippen LogP) is 2.29. The van der Waals surface area contributed by atoms with Gasteiger partial charge in [-0.15, -0.1) is 0 Å². The third-order valence-electron chi connectivity index (χ3n) is 3.08. The highest BCUT2D eigenvalue weighted by Gasteiger charge is 2.14. The van der Waals surface area contributed by atoms with Crippen LogP contribution in [-0.4, -0.2) is 9.97 Å². The number of nitrogens with two attached hydrogens (primary N) is 1. The summed E-state index contributed by atoms with van der Waals surface area (Å²) < 4.78 is 0. The van der Waals surface area contributed by atoms with Gasteiger partial charge < -0.3 is 0 Å². The van der Waals surface area contributed by atoms with E-state index >= 15 is 0 Å². The molecule has 0 radical (unpaired) electrons. The van der Waals surface area contributed by atoms with Crippen molar-refractivity contribution in [3.8, 4) is 0 Å². The van der Waals surface area contributed by atoms with Crippen molar-refractivity contribution in [3.05, 3.63) is 59.2 Å². The lowest BCUT2D eigenvalue weighted by Gasteiger charge is -2.15. The first-order valence-corrected chi connectivity index (χ1v) is 6.58. The molecule has 0 spiro atoms. The SMILES string of the molecule is CCCc1ccc(C(NN)c2ncc(C)cn2)cc1. The van der Waals surface area contributed by atoms with Crippen LogP contribution in [0.2, 0.25) is 0 Å². The van der Waals surface area contributed by atoms with Crippen molar-refractivity contribution in [3.63, 3.8) is 0 Å². The zero-order valence-corrected chi connectivity index (χ0v) is 11.4. The van der Waals surface area contributed by atoms with Gasteiger partial charge in [-0.05, 0) is 30.0 Å². The molecule has 0 aliphatic rings. The Labute approximate surface area is 114 Å². The predicted molar refractivity (Wildman–Crippen MR) is 76.4 cm³/mol. The Morgan fingerprint density at radius 1 is 1.16 bits per heavy atom. The molecule has 4 heteroatoms. The molecule has 0 bridgehead atoms. The van der Waals surface area contributed by atoms with Gasteiger partial charge in [-0.3, -0.25) is 5.84 Å². The molecule has 0 aliphatic carbocycles. The second-order valence-electron chi connectivity index (χ2n) is 4.71. The summed E-state index contributed by atoms with van der Waals surface area (Å²) in [6.45, 7) is 4.15. The molecule has 1 aromatic heterocycles. The number of hydrogen-bond donors (Lipinski definition) is 2. The van der Waals surface area contributed by atoms with E-state index in [9.17, 15) is 0 Å². The Bertz CT molecular complexity index is 505. The summed E-state index contributed by atoms with van der Waals surface area (Å²) in [4.78, 5) is 8.66. The summed E-state index contributed by atoms with van der Waals surface area (Å²) >= 11 is 0. The molecule has 0 fully saturated rings. The molecule has 2 rings (SSSR count). The number of hydrogen-bond acceptors (Lipinski definition) is 4. The van der Waals surface area contributed by atoms with Gasteiger partial charge in [0, 0.05) is 12.4 Å². The molecule has 1 aromatic carbocycles. The summed E-state index contributed by atoms with van der Waals surface area (Å²) in [5, 5.41) is 0. The highest BCUT2D eigenvalue weighted by Crippen LogP contribution is 2.19. The molecule has 2 aromatic rings. The Hall–Kier alpha value is -1.78. The minimum absolute atomic E-state index is 0.170. The monoisotopic (exact) mass is 256 g/mol. The number of nitrogens with zero attached hydrogens (tertiary/aromatic N) is 2. The summed E-state index contributed by atoms with van der Waals surface area (Å²) in [7, 11) is 0. The minimum atomic E-state index is -0.170. The standard InChI is InChI=1S/C15H20N4/c1-3-4-12-5-7-13(8-6-12)14(19-16)15-17-9-11(2)10-18-15/h5-10,14,19H,3-4,16H2,1-2H3. The lowest BCUT2D eigenvalue weighted by atomic mass is 10.0. The highest BCUT2D eigenvalue weighted by molar-refractivity contribution is 5.28. The number of aromatic nitrogens is 2. The van der Waals surface area contributed by atoms with E-state index in [-0.39, 0.29) is 6.04 Å². The maximum atomic E-state index is 5.64. The van der Waals surface area contributed by atoms with Crippen molar-refractivity contribution < 1.29 is 0 Å². The van der Waals surface area contributed by atoms with Crippen LogP contribution in [0.4, 0.5) is 0 Å². The number of rotatable bonds is 5. The first kappa shape index (κ1) is 13.6. The third-order valence-corrected chi connectivity index (χ3v) is 3.08. The van der Waals surface area contributed by atoms with Crippen molar-refractivity contribution >= 4 is 0 Å². The molecule has 0 saturated heterocycles. The highest BCUT2D eigenvalue weighted by atomic mass is 15.2. The van der Waals surface area contributed by atoms with E-state index in [1.165, 1.54) is 5.56 Å². The van der Waals surface area contributed by atoms with Crippen molar-refractivity contribution in [1.82, 2.24) is 15.4 Å². The van der Waals surface area contributed by atoms with E-state index in [1.54, 1.807) is 12.4 Å². The molecule has 1 heterocycles. The Balaban J connectivity index is 2.23. The maximum Gasteiger partial charge on any atom is 0.150 e. The molecule has 3 N–H and O–H groups in total. The van der Waals surface area contributed by atoms with Crippen LogP contribution in [-0.2, 0) is 6.42 Å². The molecule has 1 atom stereocenters. The van der Waals surface area contributed by atoms with Crippen molar-refractivity contribution in [2.24, 2.45) is 5.84 Å². The average molecular weight is 256 g/mol. The fourth-order valence-electron chi connectivity index (χ4n) is 2.04. The zero-order chi connectivity index (χ0) is 13.7. The maximum absolute atomic E-state index is 5.64. The first-order valence-electron chi connectivity index (χ1n) is 6.58. The van der Waals surface area contributed by atoms with Gasteiger partial charge in [0.2, 0.25) is 0 Å². The minimum Gasteiger partial charge on any atom is -0.270 e. The van der Waals surface area contributed by atoms with E-state index in [0.29, 0.717) is 5.82 Å². The molecule has 0 amide bonds. The van der Waals surface area contributed by atoms with E-state index in [4.69, 9.17) is 5.84 Å². The smallest absolute Gasteiger partial charge is 0.150 e. The summed E-state index contributed by atoms with van der Waals surface area (Å²) in [6, 6.07) is 8.27. The van der Waals surface area contributed by atoms with Gasteiger partial charge in [-0.1, -0.05) is 37.6 Å². The number of benzene rings is 1. The van der Waals surface area contributed by atoms with Gasteiger partial charge in [-0.2, -0.15) is 0 Å². The number of nitrogens with one attached hydrogen (secondary N) is 1. The third kappa shape index (κ3) is 3.36. The van der Waals surface area contributed by atoms with Gasteiger partial charge in [0.15, 0.2) is 5.82 Å². The molecule has 0 aliphatic heterocycles. The molecule has 19 heavy (non-hydrogen) atoms. The average Bonchev–Trinajstić information content (AvgIpc) is 2.44. The largest absolute Gasteiger partial charge is 0.270 e. The fourth-order valence-corrected chi connectivity index (χ4v) is 2.04. The van der Waals surface area contributed by atoms with Crippen LogP contribution in [0.1, 0.15) is 41.9 Å². The van der Waals surface area contributed by atoms with E-state index in [2.05, 4.69) is 46.6 Å². The van der Waals surface area contributed by atoms with Crippen LogP contribution in [0.15, 0.2) is 36.7 Å². The summed E-state index contributed by atoms with van der Waals surface area (Å²) in [5.41, 5.74) is 6.24. The number of hydrazine groups is 1. The van der Waals surface area contributed by atoms with Gasteiger partial charge in [-0.25, -0.2) is 15.4 Å². The van der Waals surface area contributed by atoms with Crippen LogP contribution in [0, 0.1) is 6.92 Å². The second kappa shape index (κ2) is 6.41. The Morgan fingerprint density at radius 2 is 1.79 bits per heavy atom. The molecule has 0 saturated carbocycles. The summed E-state index contributed by atoms with van der Waals surface area (Å²) in [6.07, 6.45) is 5.86. The quantitative estimate of drug-likeness (QED) is 0.636. The van der Waals surface area contributed by atoms with E-state index < -0.39 is 0 Å². The van der Waals surface area contributed by atoms with Crippen LogP contribution >= 0.6 is 0 Å². The lowest BCUT2D eigenvalue weighted by molar-refractivity contribution is 0.600. The molecular formula is C15H20N4. The van der Waals surface area contributed by atoms with Crippen LogP contribution in [0.3, 0.4) is 0 Å². The van der Waals surface area contributed by atoms with E-state index in [0.717, 1.165) is 24.0 Å². The van der Waals surface area contributed by atoms with Crippen molar-refractivity contribution in [2.45, 2.75) is 32.7 Å². The van der Waals surface area contributed by atoms with Crippen molar-refractivity contribution in [1.29, 1.82) is 0 Å². The summed E-state index contributed by atoms with van der Waals surface area (Å²) in [5.74, 6) is 6.33. The van der Waals surface area contributed by atoms with Crippen molar-refractivity contribution in [2.75, 3.05) is 0 Å². The van der Waals surface area contributed by atoms with Gasteiger partial charge in [0.05, 0.1) is 0 Å². The normalized spacial score (nSPS) is 12.4. The number of aryl methyl sites for hydroxylation is 2. The Morgan fingerprint density at radius 3 is 2.32 bits per heavy atom. The molecule has 4 nitrogen and oxygen atoms in total. The fraction of sp³-hybridized carbons (Fsp3) is 0.333. The van der Waals surface area contributed by atoms with Crippen LogP contribution < -0.4 is 11.3 Å². The van der Waals surface area contributed by atoms with Gasteiger partial charge >= 0.3 is 0 Å². The van der Waals surface area contributed by atoms with Crippen LogP contribution in [0.5, 0.6) is 0 Å². The zero-order valence-electron chi connectivity index (χ0n) is 11.4. The molecular weight excluding hydrogens is 236 g/mol.